The molecule has 0 bridgehead atoms. The van der Waals surface area contributed by atoms with Crippen LogP contribution in [0.2, 0.25) is 0 Å². The van der Waals surface area contributed by atoms with Gasteiger partial charge in [0.2, 0.25) is 0 Å². The number of piperazine rings is 1. The summed E-state index contributed by atoms with van der Waals surface area (Å²) in [5, 5.41) is 24.6. The van der Waals surface area contributed by atoms with Gasteiger partial charge in [-0.05, 0) is 18.7 Å². The monoisotopic (exact) mass is 564 g/mol. The number of hydrogen-bond donors (Lipinski definition) is 2. The molecule has 208 valence electrons. The van der Waals surface area contributed by atoms with Crippen molar-refractivity contribution in [2.75, 3.05) is 32.7 Å². The number of benzene rings is 1. The number of carbonyl (C=O) groups is 3. The lowest BCUT2D eigenvalue weighted by molar-refractivity contribution is -0.159. The number of aromatic nitrogens is 1. The first-order valence-electron chi connectivity index (χ1n) is 11.5. The first kappa shape index (κ1) is 30.9. The van der Waals surface area contributed by atoms with E-state index in [2.05, 4.69) is 16.2 Å². The number of rotatable bonds is 7. The van der Waals surface area contributed by atoms with E-state index in [0.29, 0.717) is 26.2 Å². The Hall–Kier alpha value is -4.35. The summed E-state index contributed by atoms with van der Waals surface area (Å²) in [6.07, 6.45) is 2.92. The molecule has 0 saturated carbocycles. The molecule has 3 rings (SSSR count). The molecule has 1 fully saturated rings. The van der Waals surface area contributed by atoms with E-state index >= 15 is 0 Å². The molecule has 0 unspecified atom stereocenters. The SMILES string of the molecule is C=CCn1c(=O)/c(=C/c2ccccc2OC(F)F)s/c1=C(/C#N)C(=O)N1CCN(CC)CC1.O=C(O)C(=O)O. The van der Waals surface area contributed by atoms with Crippen molar-refractivity contribution >= 4 is 40.8 Å². The van der Waals surface area contributed by atoms with Gasteiger partial charge in [0, 0.05) is 38.3 Å². The molecule has 2 heterocycles. The Labute approximate surface area is 225 Å². The number of carbonyl (C=O) groups excluding carboxylic acids is 1. The van der Waals surface area contributed by atoms with Gasteiger partial charge in [0.25, 0.3) is 11.5 Å². The maximum atomic E-state index is 13.1. The van der Waals surface area contributed by atoms with E-state index in [1.807, 2.05) is 13.0 Å². The van der Waals surface area contributed by atoms with Gasteiger partial charge in [-0.15, -0.1) is 17.9 Å². The molecule has 1 aliphatic rings. The molecule has 1 aromatic carbocycles. The number of likely N-dealkylation sites (N-methyl/N-ethyl adjacent to an activating group) is 1. The molecule has 0 radical (unpaired) electrons. The molecule has 0 atom stereocenters. The highest BCUT2D eigenvalue weighted by atomic mass is 32.1. The predicted octanol–water partition coefficient (Wildman–Crippen LogP) is 0.520. The molecule has 1 aliphatic heterocycles. The van der Waals surface area contributed by atoms with Gasteiger partial charge in [-0.1, -0.05) is 31.2 Å². The second kappa shape index (κ2) is 14.6. The van der Waals surface area contributed by atoms with Crippen LogP contribution in [0, 0.1) is 11.3 Å². The Morgan fingerprint density at radius 2 is 1.79 bits per heavy atom. The van der Waals surface area contributed by atoms with Crippen molar-refractivity contribution in [2.24, 2.45) is 0 Å². The summed E-state index contributed by atoms with van der Waals surface area (Å²) in [5.41, 5.74) is -0.284. The summed E-state index contributed by atoms with van der Waals surface area (Å²) in [7, 11) is 0. The molecule has 2 N–H and O–H groups in total. The van der Waals surface area contributed by atoms with Crippen LogP contribution in [-0.2, 0) is 20.9 Å². The number of alkyl halides is 2. The highest BCUT2D eigenvalue weighted by Crippen LogP contribution is 2.20. The summed E-state index contributed by atoms with van der Waals surface area (Å²) in [6.45, 7) is 6.08. The summed E-state index contributed by atoms with van der Waals surface area (Å²) in [4.78, 5) is 48.2. The third-order valence-electron chi connectivity index (χ3n) is 5.47. The molecule has 0 spiro atoms. The van der Waals surface area contributed by atoms with Crippen LogP contribution in [-0.4, -0.2) is 81.8 Å². The number of halogens is 2. The van der Waals surface area contributed by atoms with Crippen molar-refractivity contribution in [1.29, 1.82) is 5.26 Å². The van der Waals surface area contributed by atoms with Crippen molar-refractivity contribution in [3.63, 3.8) is 0 Å². The number of ether oxygens (including phenoxy) is 1. The first-order valence-corrected chi connectivity index (χ1v) is 12.3. The van der Waals surface area contributed by atoms with E-state index < -0.39 is 30.0 Å². The molecule has 1 aromatic heterocycles. The minimum absolute atomic E-state index is 0.0773. The smallest absolute Gasteiger partial charge is 0.414 e. The number of nitriles is 1. The third-order valence-corrected chi connectivity index (χ3v) is 6.60. The first-order chi connectivity index (χ1) is 18.5. The zero-order valence-electron chi connectivity index (χ0n) is 20.9. The van der Waals surface area contributed by atoms with Gasteiger partial charge >= 0.3 is 18.6 Å². The average Bonchev–Trinajstić information content (AvgIpc) is 3.20. The molecular weight excluding hydrogens is 538 g/mol. The zero-order valence-corrected chi connectivity index (χ0v) is 21.7. The van der Waals surface area contributed by atoms with Crippen molar-refractivity contribution < 1.29 is 38.1 Å². The van der Waals surface area contributed by atoms with Crippen molar-refractivity contribution in [2.45, 2.75) is 20.1 Å². The fourth-order valence-electron chi connectivity index (χ4n) is 3.56. The molecule has 39 heavy (non-hydrogen) atoms. The average molecular weight is 565 g/mol. The standard InChI is InChI=1S/C23H24F2N4O3S.C2H2O4/c1-3-9-29-21(31)19(14-16-7-5-6-8-18(16)32-23(24)25)33-22(29)17(15-26)20(30)28-12-10-27(4-2)11-13-28;3-1(4)2(5)6/h3,5-8,14,23H,1,4,9-13H2,2H3;(H,3,4)(H,5,6)/b19-14-,22-17-;. The third kappa shape index (κ3) is 8.32. The molecule has 0 aliphatic carbocycles. The van der Waals surface area contributed by atoms with Crippen LogP contribution < -0.4 is 19.5 Å². The van der Waals surface area contributed by atoms with Crippen LogP contribution in [0.1, 0.15) is 12.5 Å². The number of thiazole rings is 1. The molecule has 11 nitrogen and oxygen atoms in total. The summed E-state index contributed by atoms with van der Waals surface area (Å²) < 4.78 is 31.8. The van der Waals surface area contributed by atoms with Crippen molar-refractivity contribution in [1.82, 2.24) is 14.4 Å². The maximum Gasteiger partial charge on any atom is 0.414 e. The van der Waals surface area contributed by atoms with Gasteiger partial charge in [-0.3, -0.25) is 14.2 Å². The van der Waals surface area contributed by atoms with Crippen LogP contribution >= 0.6 is 11.3 Å². The largest absolute Gasteiger partial charge is 0.473 e. The maximum absolute atomic E-state index is 13.1. The number of allylic oxidation sites excluding steroid dienone is 1. The Bertz CT molecular complexity index is 1430. The van der Waals surface area contributed by atoms with Crippen LogP contribution in [0.4, 0.5) is 8.78 Å². The number of amides is 1. The number of nitrogens with zero attached hydrogens (tertiary/aromatic N) is 4. The van der Waals surface area contributed by atoms with Gasteiger partial charge in [-0.2, -0.15) is 14.0 Å². The highest BCUT2D eigenvalue weighted by Gasteiger charge is 2.25. The van der Waals surface area contributed by atoms with Gasteiger partial charge in [0.1, 0.15) is 16.5 Å². The summed E-state index contributed by atoms with van der Waals surface area (Å²) >= 11 is 0.965. The van der Waals surface area contributed by atoms with Gasteiger partial charge in [-0.25, -0.2) is 9.59 Å². The molecular formula is C25H26F2N4O7S. The van der Waals surface area contributed by atoms with Crippen LogP contribution in [0.5, 0.6) is 5.75 Å². The van der Waals surface area contributed by atoms with Gasteiger partial charge in [0.15, 0.2) is 5.57 Å². The topological polar surface area (TPSA) is 153 Å². The van der Waals surface area contributed by atoms with E-state index in [-0.39, 0.29) is 32.6 Å². The van der Waals surface area contributed by atoms with Gasteiger partial charge in [0.05, 0.1) is 4.53 Å². The number of para-hydroxylation sites is 1. The second-order valence-electron chi connectivity index (χ2n) is 7.86. The molecule has 1 amide bonds. The van der Waals surface area contributed by atoms with E-state index in [1.165, 1.54) is 22.8 Å². The Balaban J connectivity index is 0.000000798. The lowest BCUT2D eigenvalue weighted by Gasteiger charge is -2.33. The number of aliphatic carboxylic acids is 2. The predicted molar refractivity (Wildman–Crippen MR) is 138 cm³/mol. The van der Waals surface area contributed by atoms with E-state index in [4.69, 9.17) is 19.8 Å². The lowest BCUT2D eigenvalue weighted by Crippen LogP contribution is -2.49. The summed E-state index contributed by atoms with van der Waals surface area (Å²) in [5.74, 6) is -4.16. The van der Waals surface area contributed by atoms with Crippen molar-refractivity contribution in [3.8, 4) is 11.8 Å². The van der Waals surface area contributed by atoms with Crippen LogP contribution in [0.25, 0.3) is 11.6 Å². The fourth-order valence-corrected chi connectivity index (χ4v) is 4.65. The summed E-state index contributed by atoms with van der Waals surface area (Å²) in [6, 6.07) is 8.07. The van der Waals surface area contributed by atoms with E-state index in [9.17, 15) is 23.6 Å². The number of carboxylic acids is 2. The molecule has 1 saturated heterocycles. The zero-order chi connectivity index (χ0) is 29.1. The minimum Gasteiger partial charge on any atom is -0.473 e. The normalized spacial score (nSPS) is 14.6. The quantitative estimate of drug-likeness (QED) is 0.362. The fraction of sp³-hybridized carbons (Fsp3) is 0.320. The van der Waals surface area contributed by atoms with Gasteiger partial charge < -0.3 is 24.7 Å². The molecule has 14 heteroatoms. The van der Waals surface area contributed by atoms with E-state index in [1.54, 1.807) is 23.1 Å². The number of hydrogen-bond acceptors (Lipinski definition) is 8. The highest BCUT2D eigenvalue weighted by molar-refractivity contribution is 7.07. The second-order valence-corrected chi connectivity index (χ2v) is 8.89. The van der Waals surface area contributed by atoms with Crippen LogP contribution in [0.15, 0.2) is 41.7 Å². The number of carboxylic acid groups (broad SMARTS) is 2. The Morgan fingerprint density at radius 3 is 2.31 bits per heavy atom. The van der Waals surface area contributed by atoms with Crippen LogP contribution in [0.3, 0.4) is 0 Å². The van der Waals surface area contributed by atoms with Crippen molar-refractivity contribution in [3.05, 3.63) is 62.0 Å². The minimum atomic E-state index is -3.01. The Morgan fingerprint density at radius 1 is 1.18 bits per heavy atom. The van der Waals surface area contributed by atoms with E-state index in [0.717, 1.165) is 17.9 Å². The lowest BCUT2D eigenvalue weighted by atomic mass is 10.2. The Kier molecular flexibility index (Phi) is 11.5. The molecule has 2 aromatic rings.